The lowest BCUT2D eigenvalue weighted by molar-refractivity contribution is 0.103. The van der Waals surface area contributed by atoms with Crippen molar-refractivity contribution in [1.29, 1.82) is 0 Å². The summed E-state index contributed by atoms with van der Waals surface area (Å²) >= 11 is 6.99. The van der Waals surface area contributed by atoms with Crippen molar-refractivity contribution in [1.82, 2.24) is 0 Å². The van der Waals surface area contributed by atoms with Gasteiger partial charge in [0.15, 0.2) is 0 Å². The van der Waals surface area contributed by atoms with Gasteiger partial charge >= 0.3 is 0 Å². The second kappa shape index (κ2) is 5.31. The lowest BCUT2D eigenvalue weighted by Gasteiger charge is -2.04. The molecule has 88 valence electrons. The molecule has 0 fully saturated rings. The third kappa shape index (κ3) is 3.06. The quantitative estimate of drug-likeness (QED) is 0.898. The van der Waals surface area contributed by atoms with Gasteiger partial charge in [0.25, 0.3) is 5.91 Å². The predicted octanol–water partition coefficient (Wildman–Crippen LogP) is 3.15. The zero-order valence-electron chi connectivity index (χ0n) is 8.81. The first-order valence-electron chi connectivity index (χ1n) is 4.95. The summed E-state index contributed by atoms with van der Waals surface area (Å²) in [6.45, 7) is -0.00520. The summed E-state index contributed by atoms with van der Waals surface area (Å²) in [4.78, 5) is 12.3. The molecule has 17 heavy (non-hydrogen) atoms. The molecule has 5 heteroatoms. The Labute approximate surface area is 108 Å². The number of rotatable bonds is 3. The maximum Gasteiger partial charge on any atom is 0.265 e. The van der Waals surface area contributed by atoms with Crippen LogP contribution in [0.3, 0.4) is 0 Å². The van der Waals surface area contributed by atoms with Gasteiger partial charge in [0.1, 0.15) is 0 Å². The van der Waals surface area contributed by atoms with Crippen LogP contribution in [0.15, 0.2) is 36.4 Å². The molecule has 2 aromatic rings. The van der Waals surface area contributed by atoms with Crippen molar-refractivity contribution in [3.8, 4) is 0 Å². The van der Waals surface area contributed by atoms with E-state index < -0.39 is 0 Å². The highest BCUT2D eigenvalue weighted by Crippen LogP contribution is 2.22. The zero-order valence-corrected chi connectivity index (χ0v) is 10.4. The first-order chi connectivity index (χ1) is 8.19. The zero-order chi connectivity index (χ0) is 12.3. The molecular weight excluding hydrogens is 258 g/mol. The molecule has 0 aliphatic heterocycles. The molecule has 0 atom stereocenters. The molecule has 2 rings (SSSR count). The van der Waals surface area contributed by atoms with E-state index in [0.29, 0.717) is 14.9 Å². The second-order valence-electron chi connectivity index (χ2n) is 3.41. The molecule has 1 aromatic heterocycles. The number of anilines is 1. The molecule has 1 heterocycles. The van der Waals surface area contributed by atoms with E-state index in [-0.39, 0.29) is 12.5 Å². The molecule has 0 unspecified atom stereocenters. The Morgan fingerprint density at radius 2 is 1.94 bits per heavy atom. The molecular formula is C12H10ClNO2S. The van der Waals surface area contributed by atoms with Crippen LogP contribution in [0.5, 0.6) is 0 Å². The van der Waals surface area contributed by atoms with Gasteiger partial charge in [-0.05, 0) is 29.8 Å². The third-order valence-corrected chi connectivity index (χ3v) is 3.42. The van der Waals surface area contributed by atoms with E-state index >= 15 is 0 Å². The van der Waals surface area contributed by atoms with Crippen LogP contribution in [0.4, 0.5) is 5.69 Å². The Kier molecular flexibility index (Phi) is 3.78. The normalized spacial score (nSPS) is 10.2. The van der Waals surface area contributed by atoms with E-state index in [0.717, 1.165) is 5.56 Å². The largest absolute Gasteiger partial charge is 0.392 e. The number of halogens is 1. The van der Waals surface area contributed by atoms with Crippen LogP contribution in [-0.4, -0.2) is 11.0 Å². The number of carbonyl (C=O) groups excluding carboxylic acids is 1. The minimum Gasteiger partial charge on any atom is -0.392 e. The van der Waals surface area contributed by atoms with Gasteiger partial charge in [-0.1, -0.05) is 23.7 Å². The first-order valence-corrected chi connectivity index (χ1v) is 6.15. The van der Waals surface area contributed by atoms with E-state index in [1.165, 1.54) is 11.3 Å². The monoisotopic (exact) mass is 267 g/mol. The van der Waals surface area contributed by atoms with Gasteiger partial charge in [-0.25, -0.2) is 0 Å². The SMILES string of the molecule is O=C(Nc1ccc(CO)cc1)c1ccc(Cl)s1. The molecule has 0 saturated carbocycles. The van der Waals surface area contributed by atoms with E-state index in [1.807, 2.05) is 0 Å². The molecule has 0 aliphatic rings. The summed E-state index contributed by atoms with van der Waals surface area (Å²) in [5.41, 5.74) is 1.50. The molecule has 0 bridgehead atoms. The van der Waals surface area contributed by atoms with Crippen LogP contribution in [0, 0.1) is 0 Å². The minimum absolute atomic E-state index is 0.00520. The number of benzene rings is 1. The summed E-state index contributed by atoms with van der Waals surface area (Å²) in [5.74, 6) is -0.182. The van der Waals surface area contributed by atoms with Crippen molar-refractivity contribution < 1.29 is 9.90 Å². The van der Waals surface area contributed by atoms with Gasteiger partial charge in [-0.15, -0.1) is 11.3 Å². The number of carbonyl (C=O) groups is 1. The highest BCUT2D eigenvalue weighted by Gasteiger charge is 2.08. The fourth-order valence-corrected chi connectivity index (χ4v) is 2.26. The van der Waals surface area contributed by atoms with Crippen LogP contribution in [0.2, 0.25) is 4.34 Å². The molecule has 0 saturated heterocycles. The molecule has 0 spiro atoms. The fraction of sp³-hybridized carbons (Fsp3) is 0.0833. The minimum atomic E-state index is -0.182. The molecule has 3 nitrogen and oxygen atoms in total. The van der Waals surface area contributed by atoms with Crippen molar-refractivity contribution in [3.63, 3.8) is 0 Å². The third-order valence-electron chi connectivity index (χ3n) is 2.19. The Hall–Kier alpha value is -1.36. The number of nitrogens with one attached hydrogen (secondary N) is 1. The number of aliphatic hydroxyl groups excluding tert-OH is 1. The summed E-state index contributed by atoms with van der Waals surface area (Å²) in [5, 5.41) is 11.6. The average molecular weight is 268 g/mol. The van der Waals surface area contributed by atoms with E-state index in [2.05, 4.69) is 5.32 Å². The van der Waals surface area contributed by atoms with Crippen molar-refractivity contribution >= 4 is 34.5 Å². The van der Waals surface area contributed by atoms with E-state index in [1.54, 1.807) is 36.4 Å². The maximum atomic E-state index is 11.8. The smallest absolute Gasteiger partial charge is 0.265 e. The summed E-state index contributed by atoms with van der Waals surface area (Å²) < 4.78 is 0.589. The van der Waals surface area contributed by atoms with Crippen molar-refractivity contribution in [2.45, 2.75) is 6.61 Å². The van der Waals surface area contributed by atoms with Gasteiger partial charge in [0.2, 0.25) is 0 Å². The molecule has 0 aliphatic carbocycles. The summed E-state index contributed by atoms with van der Waals surface area (Å²) in [6, 6.07) is 10.4. The number of hydrogen-bond donors (Lipinski definition) is 2. The Morgan fingerprint density at radius 3 is 2.47 bits per heavy atom. The molecule has 2 N–H and O–H groups in total. The van der Waals surface area contributed by atoms with Crippen LogP contribution in [0.1, 0.15) is 15.2 Å². The number of amides is 1. The highest BCUT2D eigenvalue weighted by molar-refractivity contribution is 7.18. The van der Waals surface area contributed by atoms with Crippen LogP contribution < -0.4 is 5.32 Å². The second-order valence-corrected chi connectivity index (χ2v) is 5.13. The maximum absolute atomic E-state index is 11.8. The average Bonchev–Trinajstić information content (AvgIpc) is 2.77. The number of thiophene rings is 1. The Balaban J connectivity index is 2.07. The Morgan fingerprint density at radius 1 is 1.24 bits per heavy atom. The van der Waals surface area contributed by atoms with Crippen LogP contribution in [-0.2, 0) is 6.61 Å². The predicted molar refractivity (Wildman–Crippen MR) is 69.6 cm³/mol. The number of aliphatic hydroxyl groups is 1. The first kappa shape index (κ1) is 12.1. The van der Waals surface area contributed by atoms with Gasteiger partial charge in [-0.2, -0.15) is 0 Å². The topological polar surface area (TPSA) is 49.3 Å². The summed E-state index contributed by atoms with van der Waals surface area (Å²) in [6.07, 6.45) is 0. The van der Waals surface area contributed by atoms with E-state index in [4.69, 9.17) is 16.7 Å². The van der Waals surface area contributed by atoms with Gasteiger partial charge in [0.05, 0.1) is 15.8 Å². The van der Waals surface area contributed by atoms with E-state index in [9.17, 15) is 4.79 Å². The van der Waals surface area contributed by atoms with Gasteiger partial charge < -0.3 is 10.4 Å². The van der Waals surface area contributed by atoms with Crippen molar-refractivity contribution in [2.75, 3.05) is 5.32 Å². The van der Waals surface area contributed by atoms with Gasteiger partial charge in [0, 0.05) is 5.69 Å². The summed E-state index contributed by atoms with van der Waals surface area (Å²) in [7, 11) is 0. The molecule has 0 radical (unpaired) electrons. The molecule has 1 aromatic carbocycles. The lowest BCUT2D eigenvalue weighted by Crippen LogP contribution is -2.09. The molecule has 1 amide bonds. The van der Waals surface area contributed by atoms with Gasteiger partial charge in [-0.3, -0.25) is 4.79 Å². The van der Waals surface area contributed by atoms with Crippen LogP contribution >= 0.6 is 22.9 Å². The highest BCUT2D eigenvalue weighted by atomic mass is 35.5. The van der Waals surface area contributed by atoms with Crippen molar-refractivity contribution in [3.05, 3.63) is 51.2 Å². The Bertz CT molecular complexity index is 522. The van der Waals surface area contributed by atoms with Crippen molar-refractivity contribution in [2.24, 2.45) is 0 Å². The standard InChI is InChI=1S/C12H10ClNO2S/c13-11-6-5-10(17-11)12(16)14-9-3-1-8(7-15)2-4-9/h1-6,15H,7H2,(H,14,16). The fourth-order valence-electron chi connectivity index (χ4n) is 1.32. The van der Waals surface area contributed by atoms with Crippen LogP contribution in [0.25, 0.3) is 0 Å². The lowest BCUT2D eigenvalue weighted by atomic mass is 10.2. The number of hydrogen-bond acceptors (Lipinski definition) is 3.